The van der Waals surface area contributed by atoms with Crippen LogP contribution in [0.3, 0.4) is 0 Å². The van der Waals surface area contributed by atoms with Crippen LogP contribution in [0.4, 0.5) is 0 Å². The maximum absolute atomic E-state index is 11.1. The Balaban J connectivity index is 3.50. The summed E-state index contributed by atoms with van der Waals surface area (Å²) in [7, 11) is -3.42. The van der Waals surface area contributed by atoms with Crippen LogP contribution in [-0.4, -0.2) is 19.8 Å². The Hall–Kier alpha value is -0.450. The van der Waals surface area contributed by atoms with Gasteiger partial charge in [0.05, 0.1) is 14.9 Å². The van der Waals surface area contributed by atoms with E-state index in [1.54, 1.807) is 0 Å². The summed E-state index contributed by atoms with van der Waals surface area (Å²) in [6, 6.07) is 2.22. The molecular weight excluding hydrogens is 235 g/mol. The van der Waals surface area contributed by atoms with Crippen LogP contribution in [0.2, 0.25) is 10.0 Å². The van der Waals surface area contributed by atoms with Gasteiger partial charge < -0.3 is 5.11 Å². The number of aromatic hydroxyl groups is 1. The molecule has 0 aliphatic carbocycles. The average molecular weight is 241 g/mol. The maximum Gasteiger partial charge on any atom is 0.177 e. The molecule has 0 bridgehead atoms. The number of halogens is 2. The number of phenolic OH excluding ortho intramolecular Hbond substituents is 1. The van der Waals surface area contributed by atoms with Crippen LogP contribution in [0.15, 0.2) is 17.0 Å². The highest BCUT2D eigenvalue weighted by molar-refractivity contribution is 7.90. The molecule has 1 aromatic carbocycles. The minimum atomic E-state index is -3.42. The lowest BCUT2D eigenvalue weighted by Crippen LogP contribution is -1.97. The third-order valence-electron chi connectivity index (χ3n) is 1.40. The van der Waals surface area contributed by atoms with E-state index in [4.69, 9.17) is 28.3 Å². The fourth-order valence-electron chi connectivity index (χ4n) is 0.803. The molecule has 72 valence electrons. The molecule has 1 rings (SSSR count). The van der Waals surface area contributed by atoms with Crippen LogP contribution in [-0.2, 0) is 9.84 Å². The van der Waals surface area contributed by atoms with E-state index in [9.17, 15) is 8.42 Å². The molecule has 6 heteroatoms. The maximum atomic E-state index is 11.1. The fourth-order valence-corrected chi connectivity index (χ4v) is 2.35. The molecule has 0 heterocycles. The van der Waals surface area contributed by atoms with Crippen molar-refractivity contribution in [2.24, 2.45) is 0 Å². The Bertz CT molecular complexity index is 439. The van der Waals surface area contributed by atoms with E-state index >= 15 is 0 Å². The van der Waals surface area contributed by atoms with Crippen molar-refractivity contribution in [3.8, 4) is 5.75 Å². The van der Waals surface area contributed by atoms with Gasteiger partial charge in [-0.05, 0) is 6.07 Å². The predicted octanol–water partition coefficient (Wildman–Crippen LogP) is 2.10. The summed E-state index contributed by atoms with van der Waals surface area (Å²) in [5.41, 5.74) is 0. The zero-order valence-electron chi connectivity index (χ0n) is 6.58. The topological polar surface area (TPSA) is 54.4 Å². The monoisotopic (exact) mass is 240 g/mol. The van der Waals surface area contributed by atoms with Crippen molar-refractivity contribution in [1.82, 2.24) is 0 Å². The molecule has 0 saturated heterocycles. The molecule has 0 unspecified atom stereocenters. The molecule has 0 atom stereocenters. The van der Waals surface area contributed by atoms with Gasteiger partial charge in [0.25, 0.3) is 0 Å². The molecule has 0 radical (unpaired) electrons. The SMILES string of the molecule is CS(=O)(=O)c1cc(O)c(Cl)cc1Cl. The quantitative estimate of drug-likeness (QED) is 0.819. The van der Waals surface area contributed by atoms with Gasteiger partial charge in [0.1, 0.15) is 5.75 Å². The third-order valence-corrected chi connectivity index (χ3v) is 3.27. The number of sulfone groups is 1. The molecule has 1 N–H and O–H groups in total. The zero-order chi connectivity index (χ0) is 10.2. The van der Waals surface area contributed by atoms with E-state index in [1.165, 1.54) is 6.07 Å². The Morgan fingerprint density at radius 2 is 1.77 bits per heavy atom. The summed E-state index contributed by atoms with van der Waals surface area (Å²) in [5, 5.41) is 9.16. The van der Waals surface area contributed by atoms with Crippen LogP contribution >= 0.6 is 23.2 Å². The molecule has 0 aliphatic heterocycles. The smallest absolute Gasteiger partial charge is 0.177 e. The van der Waals surface area contributed by atoms with Crippen molar-refractivity contribution in [3.05, 3.63) is 22.2 Å². The highest BCUT2D eigenvalue weighted by Crippen LogP contribution is 2.32. The summed E-state index contributed by atoms with van der Waals surface area (Å²) < 4.78 is 22.2. The van der Waals surface area contributed by atoms with Crippen LogP contribution in [0.5, 0.6) is 5.75 Å². The first kappa shape index (κ1) is 10.6. The van der Waals surface area contributed by atoms with Gasteiger partial charge >= 0.3 is 0 Å². The van der Waals surface area contributed by atoms with E-state index in [-0.39, 0.29) is 20.7 Å². The lowest BCUT2D eigenvalue weighted by atomic mass is 10.3. The van der Waals surface area contributed by atoms with Gasteiger partial charge in [-0.25, -0.2) is 8.42 Å². The van der Waals surface area contributed by atoms with Crippen molar-refractivity contribution in [3.63, 3.8) is 0 Å². The Labute approximate surface area is 85.8 Å². The van der Waals surface area contributed by atoms with Crippen LogP contribution in [0, 0.1) is 0 Å². The molecular formula is C7H6Cl2O3S. The molecule has 0 amide bonds. The van der Waals surface area contributed by atoms with Crippen LogP contribution < -0.4 is 0 Å². The van der Waals surface area contributed by atoms with Gasteiger partial charge in [0, 0.05) is 12.3 Å². The molecule has 3 nitrogen and oxygen atoms in total. The summed E-state index contributed by atoms with van der Waals surface area (Å²) in [4.78, 5) is -0.129. The van der Waals surface area contributed by atoms with Crippen molar-refractivity contribution in [2.75, 3.05) is 6.26 Å². The molecule has 0 aromatic heterocycles. The van der Waals surface area contributed by atoms with Gasteiger partial charge in [-0.15, -0.1) is 0 Å². The highest BCUT2D eigenvalue weighted by atomic mass is 35.5. The fraction of sp³-hybridized carbons (Fsp3) is 0.143. The van der Waals surface area contributed by atoms with Crippen molar-refractivity contribution < 1.29 is 13.5 Å². The second-order valence-electron chi connectivity index (χ2n) is 2.51. The number of hydrogen-bond acceptors (Lipinski definition) is 3. The van der Waals surface area contributed by atoms with Gasteiger partial charge in [-0.2, -0.15) is 0 Å². The lowest BCUT2D eigenvalue weighted by Gasteiger charge is -2.03. The number of hydrogen-bond donors (Lipinski definition) is 1. The lowest BCUT2D eigenvalue weighted by molar-refractivity contribution is 0.473. The normalized spacial score (nSPS) is 11.6. The van der Waals surface area contributed by atoms with Gasteiger partial charge in [0.15, 0.2) is 9.84 Å². The van der Waals surface area contributed by atoms with E-state index in [1.807, 2.05) is 0 Å². The third kappa shape index (κ3) is 2.27. The van der Waals surface area contributed by atoms with Gasteiger partial charge in [0.2, 0.25) is 0 Å². The molecule has 0 aliphatic rings. The van der Waals surface area contributed by atoms with Gasteiger partial charge in [-0.1, -0.05) is 23.2 Å². The summed E-state index contributed by atoms with van der Waals surface area (Å²) in [6.45, 7) is 0. The van der Waals surface area contributed by atoms with E-state index in [0.29, 0.717) is 0 Å². The number of phenols is 1. The largest absolute Gasteiger partial charge is 0.506 e. The summed E-state index contributed by atoms with van der Waals surface area (Å²) >= 11 is 11.1. The first-order valence-electron chi connectivity index (χ1n) is 3.20. The minimum absolute atomic E-state index is 0.00491. The number of rotatable bonds is 1. The molecule has 1 aromatic rings. The highest BCUT2D eigenvalue weighted by Gasteiger charge is 2.14. The van der Waals surface area contributed by atoms with E-state index in [0.717, 1.165) is 12.3 Å². The molecule has 0 saturated carbocycles. The zero-order valence-corrected chi connectivity index (χ0v) is 8.91. The molecule has 13 heavy (non-hydrogen) atoms. The van der Waals surface area contributed by atoms with E-state index < -0.39 is 9.84 Å². The van der Waals surface area contributed by atoms with E-state index in [2.05, 4.69) is 0 Å². The molecule has 0 fully saturated rings. The van der Waals surface area contributed by atoms with Crippen molar-refractivity contribution >= 4 is 33.0 Å². The number of benzene rings is 1. The summed E-state index contributed by atoms with van der Waals surface area (Å²) in [5.74, 6) is -0.300. The first-order valence-corrected chi connectivity index (χ1v) is 5.85. The van der Waals surface area contributed by atoms with Crippen molar-refractivity contribution in [1.29, 1.82) is 0 Å². The van der Waals surface area contributed by atoms with Crippen molar-refractivity contribution in [2.45, 2.75) is 4.90 Å². The molecule has 0 spiro atoms. The minimum Gasteiger partial charge on any atom is -0.506 e. The van der Waals surface area contributed by atoms with Crippen LogP contribution in [0.25, 0.3) is 0 Å². The second-order valence-corrected chi connectivity index (χ2v) is 5.30. The standard InChI is InChI=1S/C7H6Cl2O3S/c1-13(11,12)7-3-6(10)4(8)2-5(7)9/h2-3,10H,1H3. The summed E-state index contributed by atoms with van der Waals surface area (Å²) in [6.07, 6.45) is 1.00. The predicted molar refractivity (Wildman–Crippen MR) is 51.2 cm³/mol. The first-order chi connectivity index (χ1) is 5.82. The Morgan fingerprint density at radius 1 is 1.23 bits per heavy atom. The van der Waals surface area contributed by atoms with Gasteiger partial charge in [-0.3, -0.25) is 0 Å². The van der Waals surface area contributed by atoms with Crippen LogP contribution in [0.1, 0.15) is 0 Å². The average Bonchev–Trinajstić information content (AvgIpc) is 1.94. The Kier molecular flexibility index (Phi) is 2.75. The Morgan fingerprint density at radius 3 is 2.23 bits per heavy atom. The second kappa shape index (κ2) is 3.36.